The summed E-state index contributed by atoms with van der Waals surface area (Å²) in [6.07, 6.45) is 2.96. The second kappa shape index (κ2) is 7.70. The molecule has 4 rings (SSSR count). The number of nitrogens with one attached hydrogen (secondary N) is 1. The van der Waals surface area contributed by atoms with Crippen LogP contribution in [0.2, 0.25) is 5.02 Å². The molecule has 0 atom stereocenters. The van der Waals surface area contributed by atoms with Crippen molar-refractivity contribution in [2.75, 3.05) is 11.1 Å². The number of nitrogens with zero attached hydrogens (tertiary/aromatic N) is 4. The van der Waals surface area contributed by atoms with Gasteiger partial charge in [0.25, 0.3) is 0 Å². The molecule has 0 radical (unpaired) electrons. The van der Waals surface area contributed by atoms with Gasteiger partial charge >= 0.3 is 0 Å². The smallest absolute Gasteiger partial charge is 0.149 e. The van der Waals surface area contributed by atoms with Gasteiger partial charge in [0.2, 0.25) is 0 Å². The van der Waals surface area contributed by atoms with Crippen LogP contribution in [0.15, 0.2) is 55.0 Å². The van der Waals surface area contributed by atoms with Crippen LogP contribution in [-0.2, 0) is 6.54 Å². The molecule has 8 heteroatoms. The standard InChI is InChI=1S/C21H14ClFN6/c22-17-6-2-5-15-18(12-3-1-4-14(23)7-12)13(9-26-19(15)17)10-27-21-16(8-24)20(25)28-11-29-21/h1-7,9,11H,10H2,(H3,25,27,28,29). The lowest BCUT2D eigenvalue weighted by molar-refractivity contribution is 0.628. The van der Waals surface area contributed by atoms with E-state index >= 15 is 0 Å². The van der Waals surface area contributed by atoms with Gasteiger partial charge in [-0.2, -0.15) is 5.26 Å². The third-order valence-corrected chi connectivity index (χ3v) is 4.78. The van der Waals surface area contributed by atoms with Crippen molar-refractivity contribution in [2.45, 2.75) is 6.54 Å². The van der Waals surface area contributed by atoms with Gasteiger partial charge in [0, 0.05) is 18.1 Å². The van der Waals surface area contributed by atoms with Gasteiger partial charge in [-0.3, -0.25) is 4.98 Å². The van der Waals surface area contributed by atoms with Gasteiger partial charge in [-0.1, -0.05) is 35.9 Å². The number of nitrogens with two attached hydrogens (primary N) is 1. The van der Waals surface area contributed by atoms with Gasteiger partial charge in [-0.05, 0) is 34.9 Å². The third-order valence-electron chi connectivity index (χ3n) is 4.47. The maximum absolute atomic E-state index is 13.9. The first kappa shape index (κ1) is 18.6. The zero-order valence-electron chi connectivity index (χ0n) is 15.0. The van der Waals surface area contributed by atoms with E-state index in [1.807, 2.05) is 24.3 Å². The Kier molecular flexibility index (Phi) is 4.94. The molecule has 0 bridgehead atoms. The fourth-order valence-electron chi connectivity index (χ4n) is 3.17. The van der Waals surface area contributed by atoms with E-state index in [0.29, 0.717) is 21.9 Å². The van der Waals surface area contributed by atoms with Crippen LogP contribution in [0.3, 0.4) is 0 Å². The van der Waals surface area contributed by atoms with Crippen molar-refractivity contribution in [3.05, 3.63) is 77.0 Å². The van der Waals surface area contributed by atoms with Gasteiger partial charge in [-0.15, -0.1) is 0 Å². The predicted molar refractivity (Wildman–Crippen MR) is 111 cm³/mol. The van der Waals surface area contributed by atoms with Crippen LogP contribution in [0, 0.1) is 17.1 Å². The molecule has 2 aromatic heterocycles. The van der Waals surface area contributed by atoms with Crippen molar-refractivity contribution in [1.29, 1.82) is 5.26 Å². The van der Waals surface area contributed by atoms with Crippen LogP contribution < -0.4 is 11.1 Å². The minimum atomic E-state index is -0.344. The number of aromatic nitrogens is 3. The van der Waals surface area contributed by atoms with E-state index < -0.39 is 0 Å². The van der Waals surface area contributed by atoms with Crippen molar-refractivity contribution >= 4 is 34.1 Å². The van der Waals surface area contributed by atoms with Gasteiger partial charge in [0.05, 0.1) is 10.5 Å². The molecule has 0 aliphatic rings. The zero-order valence-corrected chi connectivity index (χ0v) is 15.8. The number of halogens is 2. The normalized spacial score (nSPS) is 10.7. The Balaban J connectivity index is 1.84. The summed E-state index contributed by atoms with van der Waals surface area (Å²) >= 11 is 6.31. The Morgan fingerprint density at radius 1 is 1.14 bits per heavy atom. The number of anilines is 2. The number of pyridine rings is 1. The quantitative estimate of drug-likeness (QED) is 0.517. The molecule has 0 aliphatic heterocycles. The summed E-state index contributed by atoms with van der Waals surface area (Å²) in [7, 11) is 0. The monoisotopic (exact) mass is 404 g/mol. The number of fused-ring (bicyclic) bond motifs is 1. The second-order valence-corrected chi connectivity index (χ2v) is 6.66. The van der Waals surface area contributed by atoms with Crippen LogP contribution in [-0.4, -0.2) is 15.0 Å². The maximum Gasteiger partial charge on any atom is 0.149 e. The molecule has 142 valence electrons. The van der Waals surface area contributed by atoms with E-state index in [1.165, 1.54) is 18.5 Å². The lowest BCUT2D eigenvalue weighted by Gasteiger charge is -2.15. The Morgan fingerprint density at radius 2 is 1.97 bits per heavy atom. The van der Waals surface area contributed by atoms with Gasteiger partial charge < -0.3 is 11.1 Å². The lowest BCUT2D eigenvalue weighted by Crippen LogP contribution is -2.08. The van der Waals surface area contributed by atoms with Crippen molar-refractivity contribution in [3.63, 3.8) is 0 Å². The van der Waals surface area contributed by atoms with E-state index in [-0.39, 0.29) is 23.7 Å². The molecular weight excluding hydrogens is 391 g/mol. The summed E-state index contributed by atoms with van der Waals surface area (Å²) in [6, 6.07) is 13.8. The van der Waals surface area contributed by atoms with E-state index in [0.717, 1.165) is 16.5 Å². The molecule has 0 spiro atoms. The first-order valence-corrected chi connectivity index (χ1v) is 9.02. The van der Waals surface area contributed by atoms with Crippen LogP contribution in [0.1, 0.15) is 11.1 Å². The molecule has 0 fully saturated rings. The average Bonchev–Trinajstić information content (AvgIpc) is 2.72. The summed E-state index contributed by atoms with van der Waals surface area (Å²) in [4.78, 5) is 12.4. The predicted octanol–water partition coefficient (Wildman–Crippen LogP) is 4.55. The minimum Gasteiger partial charge on any atom is -0.382 e. The molecule has 6 nitrogen and oxygen atoms in total. The Morgan fingerprint density at radius 3 is 2.76 bits per heavy atom. The molecule has 0 saturated carbocycles. The number of para-hydroxylation sites is 1. The number of benzene rings is 2. The average molecular weight is 405 g/mol. The van der Waals surface area contributed by atoms with Crippen molar-refractivity contribution in [1.82, 2.24) is 15.0 Å². The Labute approximate surface area is 170 Å². The maximum atomic E-state index is 13.9. The minimum absolute atomic E-state index is 0.0961. The lowest BCUT2D eigenvalue weighted by atomic mass is 9.96. The summed E-state index contributed by atoms with van der Waals surface area (Å²) in [5.74, 6) is 0.0684. The highest BCUT2D eigenvalue weighted by molar-refractivity contribution is 6.35. The van der Waals surface area contributed by atoms with E-state index in [4.69, 9.17) is 17.3 Å². The van der Waals surface area contributed by atoms with Crippen LogP contribution in [0.4, 0.5) is 16.0 Å². The first-order chi connectivity index (χ1) is 14.1. The number of rotatable bonds is 4. The fraction of sp³-hybridized carbons (Fsp3) is 0.0476. The molecule has 0 unspecified atom stereocenters. The summed E-state index contributed by atoms with van der Waals surface area (Å²) < 4.78 is 13.9. The Hall–Kier alpha value is -3.76. The number of hydrogen-bond donors (Lipinski definition) is 2. The Bertz CT molecular complexity index is 1270. The molecular formula is C21H14ClFN6. The summed E-state index contributed by atoms with van der Waals surface area (Å²) in [5, 5.41) is 13.7. The molecule has 2 aromatic carbocycles. The molecule has 0 saturated heterocycles. The highest BCUT2D eigenvalue weighted by Gasteiger charge is 2.15. The van der Waals surface area contributed by atoms with Crippen molar-refractivity contribution in [2.24, 2.45) is 0 Å². The number of nitrogen functional groups attached to an aromatic ring is 1. The largest absolute Gasteiger partial charge is 0.382 e. The molecule has 0 amide bonds. The van der Waals surface area contributed by atoms with Gasteiger partial charge in [0.1, 0.15) is 35.4 Å². The van der Waals surface area contributed by atoms with E-state index in [1.54, 1.807) is 18.3 Å². The second-order valence-electron chi connectivity index (χ2n) is 6.25. The molecule has 4 aromatic rings. The highest BCUT2D eigenvalue weighted by atomic mass is 35.5. The SMILES string of the molecule is N#Cc1c(N)ncnc1NCc1cnc2c(Cl)cccc2c1-c1cccc(F)c1. The van der Waals surface area contributed by atoms with E-state index in [9.17, 15) is 9.65 Å². The molecule has 29 heavy (non-hydrogen) atoms. The highest BCUT2D eigenvalue weighted by Crippen LogP contribution is 2.34. The van der Waals surface area contributed by atoms with Crippen LogP contribution in [0.25, 0.3) is 22.0 Å². The van der Waals surface area contributed by atoms with Gasteiger partial charge in [0.15, 0.2) is 0 Å². The molecule has 0 aliphatic carbocycles. The molecule has 2 heterocycles. The fourth-order valence-corrected chi connectivity index (χ4v) is 3.39. The zero-order chi connectivity index (χ0) is 20.4. The third kappa shape index (κ3) is 3.53. The van der Waals surface area contributed by atoms with Crippen LogP contribution >= 0.6 is 11.6 Å². The topological polar surface area (TPSA) is 101 Å². The van der Waals surface area contributed by atoms with Gasteiger partial charge in [-0.25, -0.2) is 14.4 Å². The summed E-state index contributed by atoms with van der Waals surface area (Å²) in [6.45, 7) is 0.284. The summed E-state index contributed by atoms with van der Waals surface area (Å²) in [5.41, 5.74) is 8.81. The van der Waals surface area contributed by atoms with E-state index in [2.05, 4.69) is 20.3 Å². The number of hydrogen-bond acceptors (Lipinski definition) is 6. The number of nitriles is 1. The van der Waals surface area contributed by atoms with Crippen molar-refractivity contribution < 1.29 is 4.39 Å². The first-order valence-electron chi connectivity index (χ1n) is 8.65. The van der Waals surface area contributed by atoms with Crippen molar-refractivity contribution in [3.8, 4) is 17.2 Å². The molecule has 3 N–H and O–H groups in total. The van der Waals surface area contributed by atoms with Crippen LogP contribution in [0.5, 0.6) is 0 Å².